The van der Waals surface area contributed by atoms with Gasteiger partial charge >= 0.3 is 5.97 Å². The summed E-state index contributed by atoms with van der Waals surface area (Å²) in [7, 11) is 0. The van der Waals surface area contributed by atoms with Gasteiger partial charge in [0.25, 0.3) is 0 Å². The van der Waals surface area contributed by atoms with Gasteiger partial charge in [-0.1, -0.05) is 18.2 Å². The van der Waals surface area contributed by atoms with E-state index in [1.165, 1.54) is 6.08 Å². The summed E-state index contributed by atoms with van der Waals surface area (Å²) in [4.78, 5) is 24.7. The molecular formula is C12H13NO3. The lowest BCUT2D eigenvalue weighted by molar-refractivity contribution is -0.132. The number of nitrogens with zero attached hydrogens (tertiary/aromatic N) is 1. The average Bonchev–Trinajstić information content (AvgIpc) is 2.70. The third-order valence-electron chi connectivity index (χ3n) is 2.88. The molecule has 0 aromatic heterocycles. The van der Waals surface area contributed by atoms with Crippen LogP contribution in [0.15, 0.2) is 35.1 Å². The zero-order valence-corrected chi connectivity index (χ0v) is 9.06. The van der Waals surface area contributed by atoms with E-state index in [0.29, 0.717) is 24.4 Å². The number of aliphatic carboxylic acids is 1. The highest BCUT2D eigenvalue weighted by molar-refractivity contribution is 6.04. The topological polar surface area (TPSA) is 57.6 Å². The first-order valence-electron chi connectivity index (χ1n) is 5.19. The first-order valence-corrected chi connectivity index (χ1v) is 5.19. The Morgan fingerprint density at radius 3 is 2.56 bits per heavy atom. The molecule has 0 saturated carbocycles. The van der Waals surface area contributed by atoms with E-state index in [-0.39, 0.29) is 17.8 Å². The molecule has 0 radical (unpaired) electrons. The maximum absolute atomic E-state index is 11.8. The minimum atomic E-state index is -0.963. The van der Waals surface area contributed by atoms with Crippen LogP contribution >= 0.6 is 0 Å². The average molecular weight is 219 g/mol. The molecule has 1 aliphatic carbocycles. The number of rotatable bonds is 2. The number of carbonyl (C=O) groups excluding carboxylic acids is 1. The molecule has 0 atom stereocenters. The molecule has 0 unspecified atom stereocenters. The summed E-state index contributed by atoms with van der Waals surface area (Å²) in [6.07, 6.45) is 5.64. The number of Topliss-reactive ketones (excluding diaryl/α,β-unsaturated/α-hetero) is 1. The van der Waals surface area contributed by atoms with E-state index in [4.69, 9.17) is 5.11 Å². The summed E-state index contributed by atoms with van der Waals surface area (Å²) in [6, 6.07) is 0. The maximum Gasteiger partial charge on any atom is 0.335 e. The second kappa shape index (κ2) is 3.96. The molecule has 4 nitrogen and oxygen atoms in total. The van der Waals surface area contributed by atoms with Gasteiger partial charge in [-0.05, 0) is 12.5 Å². The van der Waals surface area contributed by atoms with Gasteiger partial charge in [-0.25, -0.2) is 4.79 Å². The number of carboxylic acid groups (broad SMARTS) is 1. The molecule has 16 heavy (non-hydrogen) atoms. The third-order valence-corrected chi connectivity index (χ3v) is 2.88. The van der Waals surface area contributed by atoms with Gasteiger partial charge in [0.1, 0.15) is 0 Å². The number of allylic oxidation sites excluding steroid dienone is 2. The van der Waals surface area contributed by atoms with Gasteiger partial charge in [0.15, 0.2) is 5.78 Å². The predicted octanol–water partition coefficient (Wildman–Crippen LogP) is 1.12. The van der Waals surface area contributed by atoms with Crippen molar-refractivity contribution in [1.29, 1.82) is 0 Å². The lowest BCUT2D eigenvalue weighted by atomic mass is 9.94. The van der Waals surface area contributed by atoms with Crippen molar-refractivity contribution in [1.82, 2.24) is 4.90 Å². The normalized spacial score (nSPS) is 20.4. The minimum absolute atomic E-state index is 0.00574. The molecule has 1 aliphatic heterocycles. The fourth-order valence-electron chi connectivity index (χ4n) is 2.10. The first kappa shape index (κ1) is 10.7. The molecule has 0 aromatic rings. The Morgan fingerprint density at radius 1 is 1.38 bits per heavy atom. The van der Waals surface area contributed by atoms with Crippen LogP contribution in [0.3, 0.4) is 0 Å². The lowest BCUT2D eigenvalue weighted by Gasteiger charge is -2.25. The molecular weight excluding hydrogens is 206 g/mol. The van der Waals surface area contributed by atoms with Gasteiger partial charge in [0.2, 0.25) is 0 Å². The van der Waals surface area contributed by atoms with E-state index in [1.54, 1.807) is 6.92 Å². The molecule has 1 N–H and O–H groups in total. The molecule has 84 valence electrons. The number of hydrogen-bond acceptors (Lipinski definition) is 3. The molecule has 2 aliphatic rings. The second-order valence-electron chi connectivity index (χ2n) is 3.90. The molecule has 0 fully saturated rings. The SMILES string of the molecule is CC1=C(N2CC=CC2)C(=O)CC=C1C(=O)O. The number of hydrogen-bond donors (Lipinski definition) is 1. The zero-order chi connectivity index (χ0) is 11.7. The van der Waals surface area contributed by atoms with Crippen molar-refractivity contribution < 1.29 is 14.7 Å². The monoisotopic (exact) mass is 219 g/mol. The maximum atomic E-state index is 11.8. The van der Waals surface area contributed by atoms with Gasteiger partial charge in [0.05, 0.1) is 11.3 Å². The smallest absolute Gasteiger partial charge is 0.335 e. The highest BCUT2D eigenvalue weighted by Gasteiger charge is 2.27. The predicted molar refractivity (Wildman–Crippen MR) is 58.8 cm³/mol. The summed E-state index contributed by atoms with van der Waals surface area (Å²) in [5, 5.41) is 9.01. The van der Waals surface area contributed by atoms with Crippen molar-refractivity contribution in [3.63, 3.8) is 0 Å². The second-order valence-corrected chi connectivity index (χ2v) is 3.90. The summed E-state index contributed by atoms with van der Waals surface area (Å²) in [5.74, 6) is -0.958. The van der Waals surface area contributed by atoms with Crippen LogP contribution < -0.4 is 0 Å². The highest BCUT2D eigenvalue weighted by atomic mass is 16.4. The molecule has 4 heteroatoms. The Hall–Kier alpha value is -1.84. The Bertz CT molecular complexity index is 435. The van der Waals surface area contributed by atoms with Crippen molar-refractivity contribution in [2.45, 2.75) is 13.3 Å². The Balaban J connectivity index is 2.38. The molecule has 2 rings (SSSR count). The van der Waals surface area contributed by atoms with Crippen LogP contribution in [0.1, 0.15) is 13.3 Å². The van der Waals surface area contributed by atoms with E-state index >= 15 is 0 Å². The molecule has 0 spiro atoms. The van der Waals surface area contributed by atoms with Crippen LogP contribution in [0, 0.1) is 0 Å². The van der Waals surface area contributed by atoms with E-state index in [9.17, 15) is 9.59 Å². The quantitative estimate of drug-likeness (QED) is 0.707. The van der Waals surface area contributed by atoms with E-state index in [0.717, 1.165) is 0 Å². The summed E-state index contributed by atoms with van der Waals surface area (Å²) in [5.41, 5.74) is 1.39. The highest BCUT2D eigenvalue weighted by Crippen LogP contribution is 2.26. The summed E-state index contributed by atoms with van der Waals surface area (Å²) in [6.45, 7) is 3.07. The Morgan fingerprint density at radius 2 is 2.00 bits per heavy atom. The largest absolute Gasteiger partial charge is 0.478 e. The van der Waals surface area contributed by atoms with Crippen molar-refractivity contribution in [3.05, 3.63) is 35.1 Å². The van der Waals surface area contributed by atoms with Crippen molar-refractivity contribution in [2.24, 2.45) is 0 Å². The van der Waals surface area contributed by atoms with Gasteiger partial charge in [-0.15, -0.1) is 0 Å². The van der Waals surface area contributed by atoms with Crippen molar-refractivity contribution in [3.8, 4) is 0 Å². The molecule has 1 heterocycles. The van der Waals surface area contributed by atoms with Gasteiger partial charge in [0, 0.05) is 19.5 Å². The van der Waals surface area contributed by atoms with Crippen LogP contribution in [0.2, 0.25) is 0 Å². The first-order chi connectivity index (χ1) is 7.61. The number of ketones is 1. The molecule has 0 saturated heterocycles. The van der Waals surface area contributed by atoms with Crippen LogP contribution in [0.25, 0.3) is 0 Å². The van der Waals surface area contributed by atoms with Gasteiger partial charge < -0.3 is 10.0 Å². The van der Waals surface area contributed by atoms with E-state index < -0.39 is 5.97 Å². The standard InChI is InChI=1S/C12H13NO3/c1-8-9(12(15)16)4-5-10(14)11(8)13-6-2-3-7-13/h2-4H,5-7H2,1H3,(H,15,16). The van der Waals surface area contributed by atoms with Crippen LogP contribution in [-0.2, 0) is 9.59 Å². The zero-order valence-electron chi connectivity index (χ0n) is 9.06. The van der Waals surface area contributed by atoms with Crippen molar-refractivity contribution >= 4 is 11.8 Å². The van der Waals surface area contributed by atoms with E-state index in [1.807, 2.05) is 17.1 Å². The lowest BCUT2D eigenvalue weighted by Crippen LogP contribution is -2.29. The molecule has 0 amide bonds. The van der Waals surface area contributed by atoms with E-state index in [2.05, 4.69) is 0 Å². The number of carbonyl (C=O) groups is 2. The Kier molecular flexibility index (Phi) is 2.64. The fourth-order valence-corrected chi connectivity index (χ4v) is 2.10. The fraction of sp³-hybridized carbons (Fsp3) is 0.333. The molecule has 0 aromatic carbocycles. The Labute approximate surface area is 93.6 Å². The minimum Gasteiger partial charge on any atom is -0.478 e. The van der Waals surface area contributed by atoms with Crippen LogP contribution in [-0.4, -0.2) is 34.8 Å². The van der Waals surface area contributed by atoms with Crippen molar-refractivity contribution in [2.75, 3.05) is 13.1 Å². The van der Waals surface area contributed by atoms with Gasteiger partial charge in [-0.2, -0.15) is 0 Å². The molecule has 0 bridgehead atoms. The van der Waals surface area contributed by atoms with Crippen LogP contribution in [0.4, 0.5) is 0 Å². The van der Waals surface area contributed by atoms with Gasteiger partial charge in [-0.3, -0.25) is 4.79 Å². The van der Waals surface area contributed by atoms with Crippen LogP contribution in [0.5, 0.6) is 0 Å². The summed E-state index contributed by atoms with van der Waals surface area (Å²) >= 11 is 0. The summed E-state index contributed by atoms with van der Waals surface area (Å²) < 4.78 is 0. The number of carboxylic acids is 1. The third kappa shape index (κ3) is 1.66.